The molecule has 118 valence electrons. The molecule has 1 rings (SSSR count). The number of esters is 1. The molecule has 6 heteroatoms. The van der Waals surface area contributed by atoms with Crippen molar-refractivity contribution in [2.45, 2.75) is 64.1 Å². The number of carbonyl (C=O) groups is 1. The van der Waals surface area contributed by atoms with E-state index >= 15 is 0 Å². The summed E-state index contributed by atoms with van der Waals surface area (Å²) < 4.78 is 15.6. The molecule has 0 bridgehead atoms. The highest BCUT2D eigenvalue weighted by atomic mass is 16.7. The summed E-state index contributed by atoms with van der Waals surface area (Å²) in [5, 5.41) is 19.7. The Hall–Kier alpha value is -0.690. The van der Waals surface area contributed by atoms with E-state index in [1.54, 1.807) is 0 Å². The van der Waals surface area contributed by atoms with Crippen molar-refractivity contribution in [3.05, 3.63) is 0 Å². The van der Waals surface area contributed by atoms with Crippen LogP contribution in [0.2, 0.25) is 0 Å². The van der Waals surface area contributed by atoms with E-state index in [-0.39, 0.29) is 18.0 Å². The fourth-order valence-electron chi connectivity index (χ4n) is 2.15. The number of hydrogen-bond donors (Lipinski definition) is 2. The van der Waals surface area contributed by atoms with Crippen molar-refractivity contribution in [1.29, 1.82) is 0 Å². The molecule has 1 saturated heterocycles. The summed E-state index contributed by atoms with van der Waals surface area (Å²) in [5.74, 6) is -0.326. The molecule has 0 radical (unpaired) electrons. The van der Waals surface area contributed by atoms with Crippen molar-refractivity contribution in [3.63, 3.8) is 0 Å². The minimum absolute atomic E-state index is 0.120. The average Bonchev–Trinajstić information content (AvgIpc) is 2.45. The second kappa shape index (κ2) is 8.56. The molecule has 2 N–H and O–H groups in total. The minimum Gasteiger partial charge on any atom is -0.469 e. The largest absolute Gasteiger partial charge is 0.469 e. The fourth-order valence-corrected chi connectivity index (χ4v) is 2.15. The van der Waals surface area contributed by atoms with Gasteiger partial charge in [0.1, 0.15) is 6.10 Å². The Balaban J connectivity index is 2.17. The van der Waals surface area contributed by atoms with Gasteiger partial charge in [0.2, 0.25) is 0 Å². The molecule has 0 aromatic heterocycles. The van der Waals surface area contributed by atoms with Gasteiger partial charge in [0, 0.05) is 18.9 Å². The lowest BCUT2D eigenvalue weighted by Crippen LogP contribution is -2.53. The summed E-state index contributed by atoms with van der Waals surface area (Å²) in [6.07, 6.45) is -0.0171. The maximum Gasteiger partial charge on any atom is 0.305 e. The van der Waals surface area contributed by atoms with E-state index in [4.69, 9.17) is 9.47 Å². The normalized spacial score (nSPS) is 34.0. The topological polar surface area (TPSA) is 85.2 Å². The van der Waals surface area contributed by atoms with Crippen LogP contribution in [0.5, 0.6) is 0 Å². The van der Waals surface area contributed by atoms with E-state index in [1.807, 2.05) is 13.8 Å². The van der Waals surface area contributed by atoms with Crippen LogP contribution < -0.4 is 0 Å². The second-order valence-corrected chi connectivity index (χ2v) is 5.31. The molecule has 0 aliphatic carbocycles. The zero-order chi connectivity index (χ0) is 15.1. The van der Waals surface area contributed by atoms with Crippen LogP contribution in [0.4, 0.5) is 0 Å². The predicted molar refractivity (Wildman–Crippen MR) is 71.9 cm³/mol. The van der Waals surface area contributed by atoms with Crippen LogP contribution in [0, 0.1) is 5.92 Å². The maximum atomic E-state index is 10.9. The van der Waals surface area contributed by atoms with Crippen LogP contribution in [0.3, 0.4) is 0 Å². The quantitative estimate of drug-likeness (QED) is 0.534. The Morgan fingerprint density at radius 1 is 1.15 bits per heavy atom. The van der Waals surface area contributed by atoms with Gasteiger partial charge in [-0.3, -0.25) is 4.79 Å². The van der Waals surface area contributed by atoms with Crippen LogP contribution in [-0.4, -0.2) is 54.5 Å². The Labute approximate surface area is 120 Å². The molecule has 1 aliphatic rings. The van der Waals surface area contributed by atoms with Crippen molar-refractivity contribution < 1.29 is 29.2 Å². The van der Waals surface area contributed by atoms with Crippen LogP contribution >= 0.6 is 0 Å². The van der Waals surface area contributed by atoms with Gasteiger partial charge in [-0.15, -0.1) is 0 Å². The van der Waals surface area contributed by atoms with Gasteiger partial charge in [-0.25, -0.2) is 0 Å². The third-order valence-electron chi connectivity index (χ3n) is 3.79. The molecule has 0 amide bonds. The molecule has 1 heterocycles. The summed E-state index contributed by atoms with van der Waals surface area (Å²) in [6, 6.07) is 0. The van der Waals surface area contributed by atoms with E-state index in [1.165, 1.54) is 7.11 Å². The molecular formula is C14H26O6. The Bertz CT molecular complexity index is 295. The van der Waals surface area contributed by atoms with Crippen LogP contribution in [0.15, 0.2) is 0 Å². The molecule has 6 nitrogen and oxygen atoms in total. The third-order valence-corrected chi connectivity index (χ3v) is 3.79. The van der Waals surface area contributed by atoms with Crippen molar-refractivity contribution in [1.82, 2.24) is 0 Å². The molecule has 20 heavy (non-hydrogen) atoms. The Morgan fingerprint density at radius 3 is 2.50 bits per heavy atom. The van der Waals surface area contributed by atoms with Crippen molar-refractivity contribution in [2.75, 3.05) is 13.7 Å². The fraction of sp³-hybridized carbons (Fsp3) is 0.929. The smallest absolute Gasteiger partial charge is 0.305 e. The summed E-state index contributed by atoms with van der Waals surface area (Å²) >= 11 is 0. The number of aliphatic hydroxyl groups is 2. The average molecular weight is 290 g/mol. The van der Waals surface area contributed by atoms with E-state index in [9.17, 15) is 15.0 Å². The number of unbranched alkanes of at least 4 members (excludes halogenated alkanes) is 2. The maximum absolute atomic E-state index is 10.9. The van der Waals surface area contributed by atoms with Crippen LogP contribution in [0.1, 0.15) is 39.5 Å². The van der Waals surface area contributed by atoms with Crippen molar-refractivity contribution >= 4 is 5.97 Å². The molecule has 0 aromatic rings. The van der Waals surface area contributed by atoms with E-state index in [0.29, 0.717) is 13.0 Å². The molecule has 0 spiro atoms. The number of methoxy groups -OCH3 is 1. The number of carbonyl (C=O) groups excluding carboxylic acids is 1. The van der Waals surface area contributed by atoms with Gasteiger partial charge in [0.05, 0.1) is 19.3 Å². The van der Waals surface area contributed by atoms with Gasteiger partial charge in [-0.2, -0.15) is 0 Å². The number of aliphatic hydroxyl groups excluding tert-OH is 2. The first-order chi connectivity index (χ1) is 9.47. The van der Waals surface area contributed by atoms with Crippen LogP contribution in [-0.2, 0) is 19.0 Å². The summed E-state index contributed by atoms with van der Waals surface area (Å²) in [6.45, 7) is 4.12. The van der Waals surface area contributed by atoms with Gasteiger partial charge in [0.25, 0.3) is 0 Å². The lowest BCUT2D eigenvalue weighted by Gasteiger charge is -2.39. The molecule has 1 aliphatic heterocycles. The number of hydrogen-bond acceptors (Lipinski definition) is 6. The number of rotatable bonds is 7. The van der Waals surface area contributed by atoms with E-state index in [2.05, 4.69) is 4.74 Å². The lowest BCUT2D eigenvalue weighted by atomic mass is 9.92. The molecular weight excluding hydrogens is 264 g/mol. The van der Waals surface area contributed by atoms with E-state index in [0.717, 1.165) is 19.3 Å². The third kappa shape index (κ3) is 5.01. The standard InChI is InChI=1S/C14H26O6/c1-9-10(2)20-14(13(17)12(9)16)19-8-6-4-5-7-11(15)18-3/h9-10,12-14,16-17H,4-8H2,1-3H3/t9-,10?,12?,13?,14+/m1/s1. The zero-order valence-corrected chi connectivity index (χ0v) is 12.4. The molecule has 0 saturated carbocycles. The Kier molecular flexibility index (Phi) is 7.43. The number of ether oxygens (including phenoxy) is 3. The minimum atomic E-state index is -1.02. The van der Waals surface area contributed by atoms with Gasteiger partial charge >= 0.3 is 5.97 Å². The monoisotopic (exact) mass is 290 g/mol. The van der Waals surface area contributed by atoms with E-state index < -0.39 is 18.5 Å². The predicted octanol–water partition coefficient (Wildman–Crippen LogP) is 0.839. The van der Waals surface area contributed by atoms with Crippen LogP contribution in [0.25, 0.3) is 0 Å². The molecule has 3 unspecified atom stereocenters. The van der Waals surface area contributed by atoms with Crippen molar-refractivity contribution in [2.24, 2.45) is 5.92 Å². The zero-order valence-electron chi connectivity index (χ0n) is 12.4. The summed E-state index contributed by atoms with van der Waals surface area (Å²) in [7, 11) is 1.38. The van der Waals surface area contributed by atoms with Gasteiger partial charge in [0.15, 0.2) is 6.29 Å². The highest BCUT2D eigenvalue weighted by Gasteiger charge is 2.40. The molecule has 0 aromatic carbocycles. The SMILES string of the molecule is COC(=O)CCCCCO[C@H]1OC(C)[C@@H](C)C(O)C1O. The van der Waals surface area contributed by atoms with Gasteiger partial charge < -0.3 is 24.4 Å². The highest BCUT2D eigenvalue weighted by molar-refractivity contribution is 5.68. The summed E-state index contributed by atoms with van der Waals surface area (Å²) in [5.41, 5.74) is 0. The van der Waals surface area contributed by atoms with Gasteiger partial charge in [-0.1, -0.05) is 13.3 Å². The first kappa shape index (κ1) is 17.4. The lowest BCUT2D eigenvalue weighted by molar-refractivity contribution is -0.280. The first-order valence-corrected chi connectivity index (χ1v) is 7.17. The second-order valence-electron chi connectivity index (χ2n) is 5.31. The first-order valence-electron chi connectivity index (χ1n) is 7.17. The van der Waals surface area contributed by atoms with Crippen molar-refractivity contribution in [3.8, 4) is 0 Å². The summed E-state index contributed by atoms with van der Waals surface area (Å²) in [4.78, 5) is 10.9. The molecule has 5 atom stereocenters. The highest BCUT2D eigenvalue weighted by Crippen LogP contribution is 2.26. The van der Waals surface area contributed by atoms with Gasteiger partial charge in [-0.05, 0) is 19.8 Å². The Morgan fingerprint density at radius 2 is 1.85 bits per heavy atom. The molecule has 1 fully saturated rings.